The topological polar surface area (TPSA) is 40.1 Å². The second-order valence-electron chi connectivity index (χ2n) is 7.93. The largest absolute Gasteiger partial charge is 0.370 e. The number of hydrogen-bond donors (Lipinski definition) is 1. The number of ether oxygens (including phenoxy) is 1. The number of piperidine rings is 1. The van der Waals surface area contributed by atoms with E-state index in [0.717, 1.165) is 44.7 Å². The predicted octanol–water partition coefficient (Wildman–Crippen LogP) is 3.07. The highest BCUT2D eigenvalue weighted by Crippen LogP contribution is 2.25. The van der Waals surface area contributed by atoms with Gasteiger partial charge in [0.05, 0.1) is 13.2 Å². The van der Waals surface area contributed by atoms with Gasteiger partial charge in [-0.05, 0) is 70.3 Å². The molecule has 27 heavy (non-hydrogen) atoms. The number of hydrogen-bond acceptors (Lipinski definition) is 3. The summed E-state index contributed by atoms with van der Waals surface area (Å²) in [5.74, 6) is 1.88. The van der Waals surface area contributed by atoms with Gasteiger partial charge in [0.2, 0.25) is 0 Å². The van der Waals surface area contributed by atoms with Crippen LogP contribution in [0.3, 0.4) is 0 Å². The van der Waals surface area contributed by atoms with E-state index in [1.165, 1.54) is 43.5 Å². The maximum absolute atomic E-state index is 6.08. The van der Waals surface area contributed by atoms with E-state index in [9.17, 15) is 0 Å². The lowest BCUT2D eigenvalue weighted by atomic mass is 9.94. The fourth-order valence-electron chi connectivity index (χ4n) is 4.11. The Morgan fingerprint density at radius 2 is 2.00 bits per heavy atom. The molecular weight excluding hydrogens is 336 g/mol. The van der Waals surface area contributed by atoms with Crippen LogP contribution in [0, 0.1) is 12.8 Å². The number of morpholine rings is 1. The summed E-state index contributed by atoms with van der Waals surface area (Å²) in [7, 11) is 2.22. The number of guanidine groups is 1. The lowest BCUT2D eigenvalue weighted by Crippen LogP contribution is -2.48. The van der Waals surface area contributed by atoms with Crippen molar-refractivity contribution in [2.24, 2.45) is 10.9 Å². The highest BCUT2D eigenvalue weighted by molar-refractivity contribution is 5.80. The Morgan fingerprint density at radius 1 is 1.22 bits per heavy atom. The molecular formula is C22H36N4O. The van der Waals surface area contributed by atoms with Gasteiger partial charge in [-0.25, -0.2) is 0 Å². The number of benzene rings is 1. The highest BCUT2D eigenvalue weighted by atomic mass is 16.5. The van der Waals surface area contributed by atoms with Gasteiger partial charge in [0.1, 0.15) is 6.10 Å². The first-order chi connectivity index (χ1) is 13.2. The Labute approximate surface area is 164 Å². The third-order valence-electron chi connectivity index (χ3n) is 5.87. The minimum atomic E-state index is 0.123. The molecule has 0 saturated carbocycles. The lowest BCUT2D eigenvalue weighted by molar-refractivity contribution is -0.00833. The minimum Gasteiger partial charge on any atom is -0.370 e. The first kappa shape index (κ1) is 20.2. The summed E-state index contributed by atoms with van der Waals surface area (Å²) in [5.41, 5.74) is 2.60. The molecule has 1 unspecified atom stereocenters. The quantitative estimate of drug-likeness (QED) is 0.637. The fourth-order valence-corrected chi connectivity index (χ4v) is 4.11. The Balaban J connectivity index is 1.59. The molecule has 0 bridgehead atoms. The highest BCUT2D eigenvalue weighted by Gasteiger charge is 2.25. The van der Waals surface area contributed by atoms with Crippen LogP contribution >= 0.6 is 0 Å². The number of aryl methyl sites for hydroxylation is 1. The predicted molar refractivity (Wildman–Crippen MR) is 112 cm³/mol. The Hall–Kier alpha value is -1.59. The van der Waals surface area contributed by atoms with Crippen molar-refractivity contribution in [1.29, 1.82) is 0 Å². The fraction of sp³-hybridized carbons (Fsp3) is 0.682. The molecule has 5 nitrogen and oxygen atoms in total. The number of aliphatic imine (C=N–C) groups is 1. The summed E-state index contributed by atoms with van der Waals surface area (Å²) in [5, 5.41) is 3.50. The zero-order valence-electron chi connectivity index (χ0n) is 17.3. The summed E-state index contributed by atoms with van der Waals surface area (Å²) < 4.78 is 6.08. The van der Waals surface area contributed by atoms with Crippen LogP contribution in [0.1, 0.15) is 43.4 Å². The average molecular weight is 373 g/mol. The van der Waals surface area contributed by atoms with Gasteiger partial charge in [-0.15, -0.1) is 0 Å². The van der Waals surface area contributed by atoms with E-state index in [4.69, 9.17) is 9.73 Å². The average Bonchev–Trinajstić information content (AvgIpc) is 2.69. The number of rotatable bonds is 5. The molecule has 0 amide bonds. The molecule has 2 saturated heterocycles. The molecule has 0 aromatic heterocycles. The molecule has 2 heterocycles. The molecule has 5 heteroatoms. The third kappa shape index (κ3) is 5.69. The molecule has 3 rings (SSSR count). The van der Waals surface area contributed by atoms with Crippen LogP contribution in [0.5, 0.6) is 0 Å². The van der Waals surface area contributed by atoms with Gasteiger partial charge in [0, 0.05) is 19.6 Å². The summed E-state index contributed by atoms with van der Waals surface area (Å²) in [4.78, 5) is 9.77. The van der Waals surface area contributed by atoms with Crippen molar-refractivity contribution in [2.75, 3.05) is 52.9 Å². The zero-order chi connectivity index (χ0) is 19.1. The molecule has 2 aliphatic rings. The molecule has 1 N–H and O–H groups in total. The second kappa shape index (κ2) is 10.1. The summed E-state index contributed by atoms with van der Waals surface area (Å²) >= 11 is 0. The maximum Gasteiger partial charge on any atom is 0.194 e. The van der Waals surface area contributed by atoms with E-state index in [1.54, 1.807) is 0 Å². The van der Waals surface area contributed by atoms with E-state index < -0.39 is 0 Å². The van der Waals surface area contributed by atoms with Gasteiger partial charge >= 0.3 is 0 Å². The van der Waals surface area contributed by atoms with Gasteiger partial charge in [0.15, 0.2) is 5.96 Å². The van der Waals surface area contributed by atoms with Crippen LogP contribution in [0.2, 0.25) is 0 Å². The Kier molecular flexibility index (Phi) is 7.53. The van der Waals surface area contributed by atoms with Crippen molar-refractivity contribution in [3.05, 3.63) is 35.4 Å². The van der Waals surface area contributed by atoms with Crippen molar-refractivity contribution >= 4 is 5.96 Å². The van der Waals surface area contributed by atoms with E-state index in [0.29, 0.717) is 0 Å². The lowest BCUT2D eigenvalue weighted by Gasteiger charge is -2.36. The number of nitrogens with zero attached hydrogens (tertiary/aromatic N) is 3. The van der Waals surface area contributed by atoms with Crippen molar-refractivity contribution in [2.45, 2.75) is 39.2 Å². The molecule has 0 spiro atoms. The van der Waals surface area contributed by atoms with Crippen LogP contribution in [-0.2, 0) is 4.74 Å². The van der Waals surface area contributed by atoms with Gasteiger partial charge in [0.25, 0.3) is 0 Å². The minimum absolute atomic E-state index is 0.123. The van der Waals surface area contributed by atoms with Crippen molar-refractivity contribution < 1.29 is 4.74 Å². The molecule has 2 fully saturated rings. The first-order valence-electron chi connectivity index (χ1n) is 10.6. The molecule has 1 atom stereocenters. The molecule has 1 aromatic carbocycles. The number of likely N-dealkylation sites (tertiary alicyclic amines) is 1. The van der Waals surface area contributed by atoms with E-state index in [2.05, 4.69) is 60.3 Å². The molecule has 2 aliphatic heterocycles. The van der Waals surface area contributed by atoms with Crippen LogP contribution < -0.4 is 5.32 Å². The molecule has 150 valence electrons. The van der Waals surface area contributed by atoms with E-state index in [-0.39, 0.29) is 6.10 Å². The van der Waals surface area contributed by atoms with Crippen LogP contribution in [-0.4, -0.2) is 68.7 Å². The first-order valence-corrected chi connectivity index (χ1v) is 10.6. The van der Waals surface area contributed by atoms with Gasteiger partial charge in [-0.1, -0.05) is 24.3 Å². The SMILES string of the molecule is CCNC(=NCCC1CCN(C)CC1)N1CCOC(c2ccccc2C)C1. The Bertz CT molecular complexity index is 610. The summed E-state index contributed by atoms with van der Waals surface area (Å²) in [6.45, 7) is 11.1. The second-order valence-corrected chi connectivity index (χ2v) is 7.93. The molecule has 1 aromatic rings. The monoisotopic (exact) mass is 372 g/mol. The normalized spacial score (nSPS) is 22.9. The Morgan fingerprint density at radius 3 is 2.74 bits per heavy atom. The van der Waals surface area contributed by atoms with E-state index >= 15 is 0 Å². The van der Waals surface area contributed by atoms with E-state index in [1.807, 2.05) is 0 Å². The van der Waals surface area contributed by atoms with Crippen molar-refractivity contribution in [3.63, 3.8) is 0 Å². The van der Waals surface area contributed by atoms with Crippen LogP contribution in [0.4, 0.5) is 0 Å². The van der Waals surface area contributed by atoms with Crippen LogP contribution in [0.25, 0.3) is 0 Å². The molecule has 0 radical (unpaired) electrons. The van der Waals surface area contributed by atoms with Crippen molar-refractivity contribution in [3.8, 4) is 0 Å². The van der Waals surface area contributed by atoms with Gasteiger partial charge in [-0.2, -0.15) is 0 Å². The standard InChI is InChI=1S/C22H36N4O/c1-4-23-22(24-12-9-19-10-13-25(3)14-11-19)26-15-16-27-21(17-26)20-8-6-5-7-18(20)2/h5-8,19,21H,4,9-17H2,1-3H3,(H,23,24). The van der Waals surface area contributed by atoms with Gasteiger partial charge in [-0.3, -0.25) is 4.99 Å². The third-order valence-corrected chi connectivity index (χ3v) is 5.87. The molecule has 0 aliphatic carbocycles. The van der Waals surface area contributed by atoms with Gasteiger partial charge < -0.3 is 19.9 Å². The van der Waals surface area contributed by atoms with Crippen molar-refractivity contribution in [1.82, 2.24) is 15.1 Å². The smallest absolute Gasteiger partial charge is 0.194 e. The van der Waals surface area contributed by atoms with Crippen LogP contribution in [0.15, 0.2) is 29.3 Å². The summed E-state index contributed by atoms with van der Waals surface area (Å²) in [6.07, 6.45) is 3.96. The maximum atomic E-state index is 6.08. The zero-order valence-corrected chi connectivity index (χ0v) is 17.3. The number of nitrogens with one attached hydrogen (secondary N) is 1. The summed E-state index contributed by atoms with van der Waals surface area (Å²) in [6, 6.07) is 8.55.